The molecule has 1 rings (SSSR count). The molecule has 0 unspecified atom stereocenters. The number of methoxy groups -OCH3 is 1. The first-order chi connectivity index (χ1) is 6.56. The van der Waals surface area contributed by atoms with E-state index in [1.165, 1.54) is 13.3 Å². The number of aromatic amines is 1. The van der Waals surface area contributed by atoms with Crippen molar-refractivity contribution in [2.45, 2.75) is 4.90 Å². The molecule has 1 aromatic rings. The Bertz CT molecular complexity index is 397. The van der Waals surface area contributed by atoms with Crippen LogP contribution in [0.25, 0.3) is 0 Å². The van der Waals surface area contributed by atoms with Gasteiger partial charge in [0, 0.05) is 6.20 Å². The highest BCUT2D eigenvalue weighted by atomic mass is 32.2. The zero-order valence-corrected chi connectivity index (χ0v) is 8.17. The van der Waals surface area contributed by atoms with E-state index in [0.29, 0.717) is 0 Å². The lowest BCUT2D eigenvalue weighted by atomic mass is 10.7. The van der Waals surface area contributed by atoms with Gasteiger partial charge in [0.15, 0.2) is 0 Å². The molecule has 0 saturated carbocycles. The van der Waals surface area contributed by atoms with E-state index >= 15 is 0 Å². The van der Waals surface area contributed by atoms with E-state index in [1.807, 2.05) is 4.72 Å². The molecule has 8 heteroatoms. The van der Waals surface area contributed by atoms with Crippen molar-refractivity contribution in [3.05, 3.63) is 12.4 Å². The van der Waals surface area contributed by atoms with Crippen molar-refractivity contribution < 1.29 is 17.9 Å². The summed E-state index contributed by atoms with van der Waals surface area (Å²) in [4.78, 5) is 10.6. The van der Waals surface area contributed by atoms with Gasteiger partial charge in [-0.1, -0.05) is 0 Å². The number of carbonyl (C=O) groups excluding carboxylic acids is 1. The highest BCUT2D eigenvalue weighted by molar-refractivity contribution is 7.89. The van der Waals surface area contributed by atoms with Crippen molar-refractivity contribution in [2.24, 2.45) is 0 Å². The van der Waals surface area contributed by atoms with E-state index in [9.17, 15) is 13.2 Å². The van der Waals surface area contributed by atoms with Crippen LogP contribution in [0.5, 0.6) is 0 Å². The maximum atomic E-state index is 11.3. The smallest absolute Gasteiger partial charge is 0.320 e. The molecule has 0 aliphatic carbocycles. The maximum absolute atomic E-state index is 11.3. The minimum atomic E-state index is -3.67. The second kappa shape index (κ2) is 4.20. The Morgan fingerprint density at radius 1 is 1.71 bits per heavy atom. The van der Waals surface area contributed by atoms with Gasteiger partial charge in [0.25, 0.3) is 0 Å². The number of aromatic nitrogens is 2. The summed E-state index contributed by atoms with van der Waals surface area (Å²) in [6.07, 6.45) is 2.35. The third-order valence-electron chi connectivity index (χ3n) is 1.42. The number of ether oxygens (including phenoxy) is 1. The molecule has 2 N–H and O–H groups in total. The van der Waals surface area contributed by atoms with Crippen LogP contribution in [0.15, 0.2) is 17.3 Å². The number of hydrogen-bond acceptors (Lipinski definition) is 5. The van der Waals surface area contributed by atoms with E-state index in [-0.39, 0.29) is 4.90 Å². The number of esters is 1. The van der Waals surface area contributed by atoms with Gasteiger partial charge >= 0.3 is 5.97 Å². The minimum Gasteiger partial charge on any atom is -0.468 e. The van der Waals surface area contributed by atoms with Crippen molar-refractivity contribution in [1.29, 1.82) is 0 Å². The standard InChI is InChI=1S/C6H9N3O4S/c1-13-6(10)4-9-14(11,12)5-2-7-8-3-5/h2-3,9H,4H2,1H3,(H,7,8). The molecule has 0 aliphatic heterocycles. The quantitative estimate of drug-likeness (QED) is 0.623. The number of carbonyl (C=O) groups is 1. The zero-order valence-electron chi connectivity index (χ0n) is 7.35. The molecular weight excluding hydrogens is 210 g/mol. The lowest BCUT2D eigenvalue weighted by molar-refractivity contribution is -0.139. The summed E-state index contributed by atoms with van der Waals surface area (Å²) in [5.74, 6) is -0.655. The monoisotopic (exact) mass is 219 g/mol. The number of nitrogens with one attached hydrogen (secondary N) is 2. The van der Waals surface area contributed by atoms with Gasteiger partial charge < -0.3 is 4.74 Å². The molecule has 0 spiro atoms. The fourth-order valence-corrected chi connectivity index (χ4v) is 1.57. The lowest BCUT2D eigenvalue weighted by Gasteiger charge is -2.02. The molecule has 0 amide bonds. The van der Waals surface area contributed by atoms with Crippen LogP contribution in [0.3, 0.4) is 0 Å². The molecule has 1 heterocycles. The van der Waals surface area contributed by atoms with E-state index in [0.717, 1.165) is 6.20 Å². The maximum Gasteiger partial charge on any atom is 0.320 e. The van der Waals surface area contributed by atoms with E-state index in [1.54, 1.807) is 0 Å². The first-order valence-electron chi connectivity index (χ1n) is 3.61. The summed E-state index contributed by atoms with van der Waals surface area (Å²) in [6, 6.07) is 0. The van der Waals surface area contributed by atoms with Gasteiger partial charge in [0.2, 0.25) is 10.0 Å². The summed E-state index contributed by atoms with van der Waals surface area (Å²) in [5.41, 5.74) is 0. The Labute approximate surface area is 80.5 Å². The van der Waals surface area contributed by atoms with Gasteiger partial charge in [-0.25, -0.2) is 8.42 Å². The second-order valence-corrected chi connectivity index (χ2v) is 4.10. The molecule has 0 saturated heterocycles. The Hall–Kier alpha value is -1.41. The Morgan fingerprint density at radius 2 is 2.43 bits per heavy atom. The van der Waals surface area contributed by atoms with Crippen LogP contribution in [0.4, 0.5) is 0 Å². The van der Waals surface area contributed by atoms with Crippen LogP contribution < -0.4 is 4.72 Å². The Morgan fingerprint density at radius 3 is 2.93 bits per heavy atom. The van der Waals surface area contributed by atoms with Crippen LogP contribution in [0.1, 0.15) is 0 Å². The van der Waals surface area contributed by atoms with Gasteiger partial charge in [0.1, 0.15) is 11.4 Å². The van der Waals surface area contributed by atoms with Crippen LogP contribution >= 0.6 is 0 Å². The van der Waals surface area contributed by atoms with Crippen LogP contribution in [0.2, 0.25) is 0 Å². The van der Waals surface area contributed by atoms with Crippen molar-refractivity contribution >= 4 is 16.0 Å². The molecule has 1 aromatic heterocycles. The fraction of sp³-hybridized carbons (Fsp3) is 0.333. The number of sulfonamides is 1. The normalized spacial score (nSPS) is 11.2. The predicted molar refractivity (Wildman–Crippen MR) is 45.8 cm³/mol. The Kier molecular flexibility index (Phi) is 3.20. The number of hydrogen-bond donors (Lipinski definition) is 2. The van der Waals surface area contributed by atoms with Gasteiger partial charge in [-0.15, -0.1) is 0 Å². The van der Waals surface area contributed by atoms with Gasteiger partial charge in [-0.05, 0) is 0 Å². The van der Waals surface area contributed by atoms with Crippen molar-refractivity contribution in [2.75, 3.05) is 13.7 Å². The summed E-state index contributed by atoms with van der Waals surface area (Å²) in [6.45, 7) is -0.399. The predicted octanol–water partition coefficient (Wildman–Crippen LogP) is -1.14. The highest BCUT2D eigenvalue weighted by Crippen LogP contribution is 2.03. The summed E-state index contributed by atoms with van der Waals surface area (Å²) >= 11 is 0. The average molecular weight is 219 g/mol. The fourth-order valence-electron chi connectivity index (χ4n) is 0.695. The largest absolute Gasteiger partial charge is 0.468 e. The molecule has 0 aliphatic rings. The molecule has 0 atom stereocenters. The summed E-state index contributed by atoms with van der Waals surface area (Å²) < 4.78 is 29.0. The van der Waals surface area contributed by atoms with Crippen molar-refractivity contribution in [1.82, 2.24) is 14.9 Å². The summed E-state index contributed by atoms with van der Waals surface area (Å²) in [5, 5.41) is 5.83. The van der Waals surface area contributed by atoms with Crippen LogP contribution in [0, 0.1) is 0 Å². The number of rotatable bonds is 4. The van der Waals surface area contributed by atoms with Crippen LogP contribution in [-0.2, 0) is 19.6 Å². The molecule has 0 aromatic carbocycles. The zero-order chi connectivity index (χ0) is 10.6. The SMILES string of the molecule is COC(=O)CNS(=O)(=O)c1cn[nH]c1. The van der Waals surface area contributed by atoms with Crippen molar-refractivity contribution in [3.63, 3.8) is 0 Å². The minimum absolute atomic E-state index is 0.0265. The molecule has 78 valence electrons. The van der Waals surface area contributed by atoms with E-state index in [2.05, 4.69) is 14.9 Å². The van der Waals surface area contributed by atoms with Crippen molar-refractivity contribution in [3.8, 4) is 0 Å². The molecule has 0 bridgehead atoms. The van der Waals surface area contributed by atoms with Gasteiger partial charge in [0.05, 0.1) is 13.3 Å². The molecular formula is C6H9N3O4S. The topological polar surface area (TPSA) is 101 Å². The molecule has 0 fully saturated rings. The first kappa shape index (κ1) is 10.7. The van der Waals surface area contributed by atoms with E-state index < -0.39 is 22.5 Å². The third kappa shape index (κ3) is 2.54. The van der Waals surface area contributed by atoms with Gasteiger partial charge in [-0.2, -0.15) is 9.82 Å². The highest BCUT2D eigenvalue weighted by Gasteiger charge is 2.16. The van der Waals surface area contributed by atoms with E-state index in [4.69, 9.17) is 0 Å². The average Bonchev–Trinajstić information content (AvgIpc) is 2.67. The summed E-state index contributed by atoms with van der Waals surface area (Å²) in [7, 11) is -2.49. The lowest BCUT2D eigenvalue weighted by Crippen LogP contribution is -2.29. The van der Waals surface area contributed by atoms with Crippen LogP contribution in [-0.4, -0.2) is 38.2 Å². The first-order valence-corrected chi connectivity index (χ1v) is 5.10. The Balaban J connectivity index is 2.65. The number of H-pyrrole nitrogens is 1. The van der Waals surface area contributed by atoms with Gasteiger partial charge in [-0.3, -0.25) is 9.89 Å². The molecule has 0 radical (unpaired) electrons. The molecule has 14 heavy (non-hydrogen) atoms. The molecule has 7 nitrogen and oxygen atoms in total. The number of nitrogens with zero attached hydrogens (tertiary/aromatic N) is 1. The second-order valence-electron chi connectivity index (χ2n) is 2.33. The third-order valence-corrected chi connectivity index (χ3v) is 2.79.